The van der Waals surface area contributed by atoms with Crippen molar-refractivity contribution in [2.45, 2.75) is 13.3 Å². The molecule has 0 bridgehead atoms. The molecule has 0 heterocycles. The van der Waals surface area contributed by atoms with E-state index in [0.717, 1.165) is 36.3 Å². The van der Waals surface area contributed by atoms with Crippen molar-refractivity contribution in [3.8, 4) is 5.75 Å². The third kappa shape index (κ3) is 7.31. The topological polar surface area (TPSA) is 12.5 Å². The number of hydrogen-bond acceptors (Lipinski definition) is 2. The second-order valence-electron chi connectivity index (χ2n) is 9.50. The molecule has 0 amide bonds. The minimum absolute atomic E-state index is 0.714. The van der Waals surface area contributed by atoms with Crippen LogP contribution in [0.1, 0.15) is 30.0 Å². The fourth-order valence-electron chi connectivity index (χ4n) is 4.00. The maximum Gasteiger partial charge on any atom is 0.137 e. The molecule has 0 N–H and O–H groups in total. The molecule has 0 aromatic heterocycles. The molecule has 3 nitrogen and oxygen atoms in total. The molecule has 3 aromatic rings. The van der Waals surface area contributed by atoms with Gasteiger partial charge in [-0.15, -0.1) is 0 Å². The molecular formula is C30H39N2O+. The summed E-state index contributed by atoms with van der Waals surface area (Å²) in [7, 11) is 8.78. The molecule has 0 aliphatic heterocycles. The fraction of sp³-hybridized carbons (Fsp3) is 0.333. The average molecular weight is 444 g/mol. The van der Waals surface area contributed by atoms with Gasteiger partial charge in [-0.2, -0.15) is 0 Å². The van der Waals surface area contributed by atoms with Gasteiger partial charge in [0.1, 0.15) is 18.9 Å². The summed E-state index contributed by atoms with van der Waals surface area (Å²) in [6.45, 7) is 6.13. The number of benzene rings is 3. The second kappa shape index (κ2) is 11.8. The van der Waals surface area contributed by atoms with Crippen LogP contribution in [0.3, 0.4) is 0 Å². The van der Waals surface area contributed by atoms with Gasteiger partial charge in [-0.25, -0.2) is 0 Å². The Morgan fingerprint density at radius 1 is 0.727 bits per heavy atom. The zero-order chi connectivity index (χ0) is 23.7. The number of hydrogen-bond donors (Lipinski definition) is 0. The highest BCUT2D eigenvalue weighted by atomic mass is 16.5. The molecule has 3 rings (SSSR count). The van der Waals surface area contributed by atoms with E-state index in [2.05, 4.69) is 125 Å². The predicted molar refractivity (Wildman–Crippen MR) is 141 cm³/mol. The molecule has 0 atom stereocenters. The average Bonchev–Trinajstić information content (AvgIpc) is 2.83. The number of rotatable bonds is 11. The lowest BCUT2D eigenvalue weighted by atomic mass is 9.88. The quantitative estimate of drug-likeness (QED) is 0.263. The van der Waals surface area contributed by atoms with Gasteiger partial charge in [0.05, 0.1) is 20.6 Å². The lowest BCUT2D eigenvalue weighted by Crippen LogP contribution is -2.46. The summed E-state index contributed by atoms with van der Waals surface area (Å²) in [6.07, 6.45) is 0.965. The first-order valence-electron chi connectivity index (χ1n) is 11.9. The largest absolute Gasteiger partial charge is 0.488 e. The maximum atomic E-state index is 6.12. The van der Waals surface area contributed by atoms with Gasteiger partial charge in [0.2, 0.25) is 0 Å². The Morgan fingerprint density at radius 3 is 1.82 bits per heavy atom. The Balaban J connectivity index is 1.80. The highest BCUT2D eigenvalue weighted by Crippen LogP contribution is 2.34. The minimum atomic E-state index is 0.714. The Bertz CT molecular complexity index is 1010. The molecule has 0 saturated carbocycles. The number of allylic oxidation sites excluding steroid dienone is 1. The summed E-state index contributed by atoms with van der Waals surface area (Å²) in [6, 6.07) is 30.0. The van der Waals surface area contributed by atoms with Crippen LogP contribution in [-0.2, 0) is 0 Å². The predicted octanol–water partition coefficient (Wildman–Crippen LogP) is 6.07. The summed E-state index contributed by atoms with van der Waals surface area (Å²) < 4.78 is 7.07. The molecular weight excluding hydrogens is 404 g/mol. The monoisotopic (exact) mass is 443 g/mol. The van der Waals surface area contributed by atoms with E-state index in [9.17, 15) is 0 Å². The van der Waals surface area contributed by atoms with Crippen LogP contribution in [0.4, 0.5) is 0 Å². The molecule has 0 aliphatic carbocycles. The van der Waals surface area contributed by atoms with Gasteiger partial charge < -0.3 is 14.1 Å². The van der Waals surface area contributed by atoms with Gasteiger partial charge in [0.25, 0.3) is 0 Å². The minimum Gasteiger partial charge on any atom is -0.488 e. The lowest BCUT2D eigenvalue weighted by molar-refractivity contribution is -0.889. The molecule has 3 aromatic carbocycles. The molecule has 3 heteroatoms. The van der Waals surface area contributed by atoms with E-state index < -0.39 is 0 Å². The van der Waals surface area contributed by atoms with E-state index in [1.807, 2.05) is 0 Å². The SMILES string of the molecule is CC/C(=C(\c1ccccc1)c1ccc(OCC[N+](C)(C)CCN(C)C)cc1)c1ccccc1. The molecule has 0 fully saturated rings. The van der Waals surface area contributed by atoms with Crippen molar-refractivity contribution in [3.05, 3.63) is 102 Å². The third-order valence-electron chi connectivity index (χ3n) is 6.10. The molecule has 0 saturated heterocycles. The zero-order valence-electron chi connectivity index (χ0n) is 20.9. The molecule has 0 spiro atoms. The van der Waals surface area contributed by atoms with Crippen LogP contribution < -0.4 is 4.74 Å². The fourth-order valence-corrected chi connectivity index (χ4v) is 4.00. The number of likely N-dealkylation sites (N-methyl/N-ethyl adjacent to an activating group) is 2. The number of nitrogens with zero attached hydrogens (tertiary/aromatic N) is 2. The van der Waals surface area contributed by atoms with E-state index in [1.165, 1.54) is 27.8 Å². The summed E-state index contributed by atoms with van der Waals surface area (Å²) in [5.74, 6) is 0.927. The number of ether oxygens (including phenoxy) is 1. The highest BCUT2D eigenvalue weighted by Gasteiger charge is 2.16. The summed E-state index contributed by atoms with van der Waals surface area (Å²) in [5, 5.41) is 0. The van der Waals surface area contributed by atoms with Gasteiger partial charge in [-0.1, -0.05) is 79.7 Å². The van der Waals surface area contributed by atoms with Crippen molar-refractivity contribution in [1.29, 1.82) is 0 Å². The van der Waals surface area contributed by atoms with Crippen molar-refractivity contribution in [2.24, 2.45) is 0 Å². The van der Waals surface area contributed by atoms with Crippen LogP contribution in [0.2, 0.25) is 0 Å². The zero-order valence-corrected chi connectivity index (χ0v) is 20.9. The van der Waals surface area contributed by atoms with Crippen molar-refractivity contribution in [2.75, 3.05) is 54.4 Å². The van der Waals surface area contributed by atoms with Crippen molar-refractivity contribution in [3.63, 3.8) is 0 Å². The van der Waals surface area contributed by atoms with Crippen LogP contribution in [0, 0.1) is 0 Å². The van der Waals surface area contributed by atoms with Crippen molar-refractivity contribution < 1.29 is 9.22 Å². The maximum absolute atomic E-state index is 6.12. The van der Waals surface area contributed by atoms with Crippen LogP contribution in [0.25, 0.3) is 11.1 Å². The first-order chi connectivity index (χ1) is 15.9. The molecule has 0 radical (unpaired) electrons. The first-order valence-corrected chi connectivity index (χ1v) is 11.9. The van der Waals surface area contributed by atoms with Crippen LogP contribution >= 0.6 is 0 Å². The number of quaternary nitrogens is 1. The van der Waals surface area contributed by atoms with Crippen LogP contribution in [-0.4, -0.2) is 63.8 Å². The summed E-state index contributed by atoms with van der Waals surface area (Å²) in [5.41, 5.74) is 6.38. The van der Waals surface area contributed by atoms with E-state index in [0.29, 0.717) is 6.61 Å². The lowest BCUT2D eigenvalue weighted by Gasteiger charge is -2.30. The summed E-state index contributed by atoms with van der Waals surface area (Å²) in [4.78, 5) is 2.23. The summed E-state index contributed by atoms with van der Waals surface area (Å²) >= 11 is 0. The van der Waals surface area contributed by atoms with Crippen LogP contribution in [0.5, 0.6) is 5.75 Å². The van der Waals surface area contributed by atoms with Gasteiger partial charge in [0.15, 0.2) is 0 Å². The van der Waals surface area contributed by atoms with Crippen molar-refractivity contribution >= 4 is 11.1 Å². The van der Waals surface area contributed by atoms with E-state index in [-0.39, 0.29) is 0 Å². The molecule has 33 heavy (non-hydrogen) atoms. The molecule has 174 valence electrons. The smallest absolute Gasteiger partial charge is 0.137 e. The standard InChI is InChI=1S/C30H39N2O/c1-6-29(25-13-9-7-10-14-25)30(26-15-11-8-12-16-26)27-17-19-28(20-18-27)33-24-23-32(4,5)22-21-31(2)3/h7-20H,6,21-24H2,1-5H3/q+1/b30-29-. The van der Waals surface area contributed by atoms with Gasteiger partial charge in [-0.05, 0) is 60.5 Å². The van der Waals surface area contributed by atoms with Gasteiger partial charge in [-0.3, -0.25) is 0 Å². The second-order valence-corrected chi connectivity index (χ2v) is 9.50. The van der Waals surface area contributed by atoms with Crippen LogP contribution in [0.15, 0.2) is 84.9 Å². The van der Waals surface area contributed by atoms with Gasteiger partial charge in [0, 0.05) is 6.54 Å². The van der Waals surface area contributed by atoms with Crippen molar-refractivity contribution in [1.82, 2.24) is 4.90 Å². The Kier molecular flexibility index (Phi) is 8.87. The third-order valence-corrected chi connectivity index (χ3v) is 6.10. The normalized spacial score (nSPS) is 12.5. The van der Waals surface area contributed by atoms with Gasteiger partial charge >= 0.3 is 0 Å². The Labute approximate surface area is 200 Å². The highest BCUT2D eigenvalue weighted by molar-refractivity contribution is 5.98. The Morgan fingerprint density at radius 2 is 1.27 bits per heavy atom. The van der Waals surface area contributed by atoms with E-state index in [1.54, 1.807) is 0 Å². The Hall–Kier alpha value is -2.88. The van der Waals surface area contributed by atoms with E-state index in [4.69, 9.17) is 4.74 Å². The van der Waals surface area contributed by atoms with E-state index >= 15 is 0 Å². The molecule has 0 unspecified atom stereocenters. The molecule has 0 aliphatic rings. The first kappa shape index (κ1) is 24.8.